The summed E-state index contributed by atoms with van der Waals surface area (Å²) in [5.41, 5.74) is 0.864. The highest BCUT2D eigenvalue weighted by atomic mass is 32.1. The van der Waals surface area contributed by atoms with Crippen molar-refractivity contribution in [3.8, 4) is 12.1 Å². The molecule has 0 unspecified atom stereocenters. The number of hydrogen-bond donors (Lipinski definition) is 0. The molecule has 3 atom stereocenters. The Hall–Kier alpha value is -2.89. The van der Waals surface area contributed by atoms with Gasteiger partial charge in [0.15, 0.2) is 11.2 Å². The van der Waals surface area contributed by atoms with Crippen molar-refractivity contribution >= 4 is 23.2 Å². The van der Waals surface area contributed by atoms with Crippen LogP contribution in [0.25, 0.3) is 6.08 Å². The number of benzene rings is 1. The van der Waals surface area contributed by atoms with Crippen LogP contribution in [0.3, 0.4) is 0 Å². The molecule has 0 spiro atoms. The van der Waals surface area contributed by atoms with Gasteiger partial charge in [0.1, 0.15) is 0 Å². The first-order chi connectivity index (χ1) is 13.3. The highest BCUT2D eigenvalue weighted by Crippen LogP contribution is 2.60. The lowest BCUT2D eigenvalue weighted by atomic mass is 9.67. The van der Waals surface area contributed by atoms with Crippen molar-refractivity contribution in [1.82, 2.24) is 4.90 Å². The molecule has 2 aromatic rings. The molecule has 4 nitrogen and oxygen atoms in total. The van der Waals surface area contributed by atoms with E-state index in [1.807, 2.05) is 79.0 Å². The molecule has 0 saturated carbocycles. The summed E-state index contributed by atoms with van der Waals surface area (Å²) in [5.74, 6) is -0.466. The smallest absolute Gasteiger partial charge is 0.177 e. The lowest BCUT2D eigenvalue weighted by molar-refractivity contribution is -0.130. The Morgan fingerprint density at radius 2 is 1.89 bits per heavy atom. The zero-order valence-electron chi connectivity index (χ0n) is 16.1. The van der Waals surface area contributed by atoms with Gasteiger partial charge in [0, 0.05) is 17.5 Å². The zero-order valence-corrected chi connectivity index (χ0v) is 16.9. The quantitative estimate of drug-likeness (QED) is 0.736. The molecular formula is C23H21N3OS. The molecule has 5 heteroatoms. The maximum Gasteiger partial charge on any atom is 0.177 e. The van der Waals surface area contributed by atoms with Crippen molar-refractivity contribution in [1.29, 1.82) is 10.5 Å². The highest BCUT2D eigenvalue weighted by molar-refractivity contribution is 7.08. The number of nitriles is 2. The van der Waals surface area contributed by atoms with Gasteiger partial charge in [-0.2, -0.15) is 21.9 Å². The van der Waals surface area contributed by atoms with E-state index in [4.69, 9.17) is 0 Å². The molecule has 1 fully saturated rings. The van der Waals surface area contributed by atoms with Crippen LogP contribution in [0.5, 0.6) is 0 Å². The fraction of sp³-hybridized carbons (Fsp3) is 0.348. The highest BCUT2D eigenvalue weighted by Gasteiger charge is 2.64. The number of thiophene rings is 1. The molecule has 2 aliphatic rings. The zero-order chi connectivity index (χ0) is 20.1. The van der Waals surface area contributed by atoms with Crippen molar-refractivity contribution in [2.75, 3.05) is 0 Å². The van der Waals surface area contributed by atoms with Crippen LogP contribution in [-0.2, 0) is 4.79 Å². The average molecular weight is 388 g/mol. The monoisotopic (exact) mass is 387 g/mol. The number of rotatable bonds is 2. The molecule has 0 bridgehead atoms. The van der Waals surface area contributed by atoms with Gasteiger partial charge in [-0.15, -0.1) is 0 Å². The normalized spacial score (nSPS) is 24.8. The summed E-state index contributed by atoms with van der Waals surface area (Å²) in [6.45, 7) is 5.69. The standard InChI is InChI=1S/C23H21N3OS/c1-22(2,3)21(27)19-18(16-9-11-28-12-16)23(13-24,14-25)20-17-7-5-4-6-15(17)8-10-26(19)20/h4-12,18-20H,1-3H3/t18-,19+,20-/m0/s1. The topological polar surface area (TPSA) is 67.9 Å². The van der Waals surface area contributed by atoms with Gasteiger partial charge in [0.25, 0.3) is 0 Å². The van der Waals surface area contributed by atoms with Crippen molar-refractivity contribution < 1.29 is 4.79 Å². The predicted molar refractivity (Wildman–Crippen MR) is 109 cm³/mol. The Kier molecular flexibility index (Phi) is 4.17. The van der Waals surface area contributed by atoms with Gasteiger partial charge in [-0.1, -0.05) is 45.0 Å². The van der Waals surface area contributed by atoms with Gasteiger partial charge in [-0.3, -0.25) is 4.79 Å². The van der Waals surface area contributed by atoms with Gasteiger partial charge in [-0.25, -0.2) is 0 Å². The first kappa shape index (κ1) is 18.5. The minimum Gasteiger partial charge on any atom is -0.357 e. The van der Waals surface area contributed by atoms with Crippen LogP contribution >= 0.6 is 11.3 Å². The van der Waals surface area contributed by atoms with Crippen LogP contribution < -0.4 is 0 Å². The predicted octanol–water partition coefficient (Wildman–Crippen LogP) is 4.89. The van der Waals surface area contributed by atoms with E-state index in [9.17, 15) is 15.3 Å². The lowest BCUT2D eigenvalue weighted by Gasteiger charge is -2.36. The van der Waals surface area contributed by atoms with Crippen molar-refractivity contribution in [3.05, 3.63) is 64.0 Å². The summed E-state index contributed by atoms with van der Waals surface area (Å²) in [6, 6.07) is 13.4. The second kappa shape index (κ2) is 6.33. The van der Waals surface area contributed by atoms with E-state index in [1.165, 1.54) is 11.3 Å². The molecule has 28 heavy (non-hydrogen) atoms. The molecular weight excluding hydrogens is 366 g/mol. The van der Waals surface area contributed by atoms with Crippen LogP contribution in [-0.4, -0.2) is 16.7 Å². The second-order valence-corrected chi connectivity index (χ2v) is 9.26. The van der Waals surface area contributed by atoms with Crippen LogP contribution in [0.1, 0.15) is 49.4 Å². The second-order valence-electron chi connectivity index (χ2n) is 8.48. The largest absolute Gasteiger partial charge is 0.357 e. The minimum absolute atomic E-state index is 0.0464. The summed E-state index contributed by atoms with van der Waals surface area (Å²) >= 11 is 1.52. The Labute approximate surface area is 169 Å². The molecule has 0 amide bonds. The van der Waals surface area contributed by atoms with E-state index < -0.39 is 28.8 Å². The van der Waals surface area contributed by atoms with Crippen LogP contribution in [0.15, 0.2) is 47.3 Å². The van der Waals surface area contributed by atoms with Crippen molar-refractivity contribution in [2.24, 2.45) is 10.8 Å². The third-order valence-corrected chi connectivity index (χ3v) is 6.56. The number of carbonyl (C=O) groups is 1. The number of Topliss-reactive ketones (excluding diaryl/α,β-unsaturated/α-hetero) is 1. The molecule has 0 N–H and O–H groups in total. The molecule has 140 valence electrons. The van der Waals surface area contributed by atoms with E-state index in [1.54, 1.807) is 0 Å². The van der Waals surface area contributed by atoms with E-state index in [0.717, 1.165) is 16.7 Å². The van der Waals surface area contributed by atoms with Crippen LogP contribution in [0.4, 0.5) is 0 Å². The van der Waals surface area contributed by atoms with Gasteiger partial charge >= 0.3 is 0 Å². The van der Waals surface area contributed by atoms with E-state index in [2.05, 4.69) is 12.1 Å². The Balaban J connectivity index is 2.01. The molecule has 4 rings (SSSR count). The summed E-state index contributed by atoms with van der Waals surface area (Å²) in [7, 11) is 0. The van der Waals surface area contributed by atoms with E-state index >= 15 is 0 Å². The Morgan fingerprint density at radius 3 is 2.50 bits per heavy atom. The SMILES string of the molecule is CC(C)(C)C(=O)[C@H]1[C@H](c2ccsc2)C(C#N)(C#N)[C@@H]2c3ccccc3C=CN21. The summed E-state index contributed by atoms with van der Waals surface area (Å²) < 4.78 is 0. The Morgan fingerprint density at radius 1 is 1.18 bits per heavy atom. The first-order valence-electron chi connectivity index (χ1n) is 9.28. The number of nitrogens with zero attached hydrogens (tertiary/aromatic N) is 3. The van der Waals surface area contributed by atoms with Gasteiger partial charge in [-0.05, 0) is 39.6 Å². The Bertz CT molecular complexity index is 1020. The summed E-state index contributed by atoms with van der Waals surface area (Å²) in [5, 5.41) is 24.5. The van der Waals surface area contributed by atoms with E-state index in [-0.39, 0.29) is 5.78 Å². The van der Waals surface area contributed by atoms with Crippen LogP contribution in [0.2, 0.25) is 0 Å². The summed E-state index contributed by atoms with van der Waals surface area (Å²) in [4.78, 5) is 15.5. The molecule has 1 saturated heterocycles. The van der Waals surface area contributed by atoms with Crippen molar-refractivity contribution in [3.63, 3.8) is 0 Å². The molecule has 2 aliphatic heterocycles. The number of fused-ring (bicyclic) bond motifs is 3. The molecule has 1 aromatic carbocycles. The fourth-order valence-corrected chi connectivity index (χ4v) is 5.26. The third kappa shape index (κ3) is 2.44. The number of ketones is 1. The third-order valence-electron chi connectivity index (χ3n) is 5.85. The van der Waals surface area contributed by atoms with Crippen LogP contribution in [0, 0.1) is 33.5 Å². The average Bonchev–Trinajstić information content (AvgIpc) is 3.30. The fourth-order valence-electron chi connectivity index (χ4n) is 4.56. The molecule has 1 aromatic heterocycles. The van der Waals surface area contributed by atoms with Gasteiger partial charge in [0.05, 0.1) is 24.2 Å². The van der Waals surface area contributed by atoms with Crippen molar-refractivity contribution in [2.45, 2.75) is 38.8 Å². The number of hydrogen-bond acceptors (Lipinski definition) is 5. The molecule has 3 heterocycles. The molecule has 0 aliphatic carbocycles. The lowest BCUT2D eigenvalue weighted by Crippen LogP contribution is -2.43. The maximum absolute atomic E-state index is 13.6. The van der Waals surface area contributed by atoms with Gasteiger partial charge in [0.2, 0.25) is 0 Å². The summed E-state index contributed by atoms with van der Waals surface area (Å²) in [6.07, 6.45) is 3.88. The number of carbonyl (C=O) groups excluding carboxylic acids is 1. The minimum atomic E-state index is -1.35. The first-order valence-corrected chi connectivity index (χ1v) is 10.2. The molecule has 0 radical (unpaired) electrons. The van der Waals surface area contributed by atoms with Gasteiger partial charge < -0.3 is 4.90 Å². The van der Waals surface area contributed by atoms with E-state index in [0.29, 0.717) is 0 Å². The maximum atomic E-state index is 13.6.